The van der Waals surface area contributed by atoms with Gasteiger partial charge in [0.2, 0.25) is 0 Å². The van der Waals surface area contributed by atoms with E-state index in [1.807, 2.05) is 0 Å². The normalized spacial score (nSPS) is 11.2. The van der Waals surface area contributed by atoms with Crippen LogP contribution in [0.3, 0.4) is 0 Å². The van der Waals surface area contributed by atoms with Crippen LogP contribution in [-0.4, -0.2) is 4.57 Å². The molecule has 4 heteroatoms. The van der Waals surface area contributed by atoms with Crippen LogP contribution in [0.1, 0.15) is 0 Å². The van der Waals surface area contributed by atoms with Gasteiger partial charge in [-0.05, 0) is 176 Å². The van der Waals surface area contributed by atoms with Gasteiger partial charge in [-0.3, -0.25) is 0 Å². The molecule has 0 aliphatic heterocycles. The van der Waals surface area contributed by atoms with E-state index < -0.39 is 0 Å². The number of hydrogen-bond acceptors (Lipinski definition) is 3. The molecule has 0 aliphatic carbocycles. The van der Waals surface area contributed by atoms with E-state index in [2.05, 4.69) is 408 Å². The van der Waals surface area contributed by atoms with E-state index in [9.17, 15) is 0 Å². The largest absolute Gasteiger partial charge is 0.310 e. The van der Waals surface area contributed by atoms with Crippen molar-refractivity contribution >= 4 is 73.0 Å². The highest BCUT2D eigenvalue weighted by atomic mass is 15.2. The molecule has 0 saturated carbocycles. The number of benzene rings is 15. The zero-order valence-electron chi connectivity index (χ0n) is 51.7. The third-order valence-electron chi connectivity index (χ3n) is 18.0. The van der Waals surface area contributed by atoms with Crippen molar-refractivity contribution in [1.82, 2.24) is 4.57 Å². The molecule has 16 rings (SSSR count). The van der Waals surface area contributed by atoms with Crippen molar-refractivity contribution < 1.29 is 0 Å². The molecule has 0 radical (unpaired) electrons. The quantitative estimate of drug-likeness (QED) is 0.0958. The van der Waals surface area contributed by atoms with Crippen molar-refractivity contribution in [3.8, 4) is 72.4 Å². The number of fused-ring (bicyclic) bond motifs is 3. The average Bonchev–Trinajstić information content (AvgIpc) is 1.54. The van der Waals surface area contributed by atoms with Crippen molar-refractivity contribution in [2.45, 2.75) is 0 Å². The Balaban J connectivity index is 0.938. The fourth-order valence-electron chi connectivity index (χ4n) is 13.4. The van der Waals surface area contributed by atoms with Crippen LogP contribution < -0.4 is 14.7 Å². The lowest BCUT2D eigenvalue weighted by atomic mass is 10.0. The second-order valence-electron chi connectivity index (χ2n) is 23.7. The lowest BCUT2D eigenvalue weighted by Gasteiger charge is -2.31. The predicted octanol–water partition coefficient (Wildman–Crippen LogP) is 25.2. The van der Waals surface area contributed by atoms with Crippen LogP contribution >= 0.6 is 0 Å². The molecule has 15 aromatic carbocycles. The first kappa shape index (κ1) is 56.7. The first-order chi connectivity index (χ1) is 46.6. The Morgan fingerprint density at radius 2 is 0.415 bits per heavy atom. The monoisotopic (exact) mass is 1200 g/mol. The molecule has 1 heterocycles. The summed E-state index contributed by atoms with van der Waals surface area (Å²) in [5.74, 6) is 0. The minimum atomic E-state index is 0.986. The highest BCUT2D eigenvalue weighted by Crippen LogP contribution is 2.48. The highest BCUT2D eigenvalue weighted by molar-refractivity contribution is 6.17. The number of para-hydroxylation sites is 1. The van der Waals surface area contributed by atoms with Crippen LogP contribution in [0, 0.1) is 0 Å². The van der Waals surface area contributed by atoms with E-state index in [0.717, 1.165) is 112 Å². The lowest BCUT2D eigenvalue weighted by molar-refractivity contribution is 1.16. The maximum atomic E-state index is 2.49. The van der Waals surface area contributed by atoms with E-state index >= 15 is 0 Å². The summed E-state index contributed by atoms with van der Waals surface area (Å²) < 4.78 is 2.49. The number of hydrogen-bond donors (Lipinski definition) is 0. The maximum absolute atomic E-state index is 2.49. The molecule has 0 atom stereocenters. The van der Waals surface area contributed by atoms with Crippen LogP contribution in [0.25, 0.3) is 94.3 Å². The van der Waals surface area contributed by atoms with Gasteiger partial charge in [0, 0.05) is 44.9 Å². The fourth-order valence-corrected chi connectivity index (χ4v) is 13.4. The second-order valence-corrected chi connectivity index (χ2v) is 23.7. The Morgan fingerprint density at radius 1 is 0.170 bits per heavy atom. The van der Waals surface area contributed by atoms with Crippen LogP contribution in [0.5, 0.6) is 0 Å². The third-order valence-corrected chi connectivity index (χ3v) is 18.0. The molecule has 0 amide bonds. The summed E-state index contributed by atoms with van der Waals surface area (Å²) >= 11 is 0. The minimum absolute atomic E-state index is 0.986. The van der Waals surface area contributed by atoms with Crippen molar-refractivity contribution in [1.29, 1.82) is 0 Å². The highest BCUT2D eigenvalue weighted by Gasteiger charge is 2.25. The van der Waals surface area contributed by atoms with Crippen LogP contribution in [-0.2, 0) is 0 Å². The molecule has 0 spiro atoms. The van der Waals surface area contributed by atoms with Gasteiger partial charge in [-0.15, -0.1) is 0 Å². The topological polar surface area (TPSA) is 14.7 Å². The molecule has 1 aromatic heterocycles. The van der Waals surface area contributed by atoms with E-state index in [1.165, 1.54) is 33.4 Å². The molecular weight excluding hydrogens is 1140 g/mol. The van der Waals surface area contributed by atoms with Crippen molar-refractivity contribution in [2.24, 2.45) is 0 Å². The summed E-state index contributed by atoms with van der Waals surface area (Å²) in [4.78, 5) is 7.28. The molecule has 0 bridgehead atoms. The first-order valence-corrected chi connectivity index (χ1v) is 32.1. The first-order valence-electron chi connectivity index (χ1n) is 32.1. The number of nitrogens with zero attached hydrogens (tertiary/aromatic N) is 4. The summed E-state index contributed by atoms with van der Waals surface area (Å²) in [6, 6.07) is 141. The van der Waals surface area contributed by atoms with Gasteiger partial charge >= 0.3 is 0 Å². The molecule has 0 N–H and O–H groups in total. The van der Waals surface area contributed by atoms with Gasteiger partial charge in [0.1, 0.15) is 0 Å². The zero-order chi connectivity index (χ0) is 62.6. The SMILES string of the molecule is c1ccc(-c2ccc(N(c3ccc(-c4ccccc4)cc3)c3cc(N(c4ccc(-c5ccccc5)cc4)c4ccc(-c5ccccc5)cc4)cc(-n4c5ccccc5c5c(N(c6ccc(-c7ccccc7)cc6)c6ccc(-c7ccccc7)cc6)cccc54)c3)cc2)cc1. The van der Waals surface area contributed by atoms with Gasteiger partial charge in [0.15, 0.2) is 0 Å². The minimum Gasteiger partial charge on any atom is -0.310 e. The van der Waals surface area contributed by atoms with Crippen LogP contribution in [0.2, 0.25) is 0 Å². The van der Waals surface area contributed by atoms with Gasteiger partial charge in [-0.1, -0.05) is 279 Å². The van der Waals surface area contributed by atoms with Gasteiger partial charge in [-0.2, -0.15) is 0 Å². The number of rotatable bonds is 16. The standard InChI is InChI=1S/C90H64N4/c1-7-22-65(23-8-1)71-38-50-77(51-39-71)91(78-52-40-72(41-53-78)66-24-9-2-10-25-66)83-62-84(92(79-54-42-73(43-55-79)67-26-11-3-12-27-67)80-56-44-74(45-57-80)68-28-13-4-14-29-68)64-85(63-83)94-87-35-20-19-34-86(87)90-88(36-21-37-89(90)94)93(81-58-46-75(47-59-81)69-30-15-5-16-31-69)82-60-48-76(49-61-82)70-32-17-6-18-33-70/h1-64H. The summed E-state index contributed by atoms with van der Waals surface area (Å²) in [6.07, 6.45) is 0. The number of aromatic nitrogens is 1. The molecule has 0 saturated heterocycles. The Bertz CT molecular complexity index is 4780. The molecule has 0 aliphatic rings. The van der Waals surface area contributed by atoms with Crippen molar-refractivity contribution in [3.63, 3.8) is 0 Å². The Kier molecular flexibility index (Phi) is 15.3. The molecule has 444 valence electrons. The van der Waals surface area contributed by atoms with Crippen LogP contribution in [0.4, 0.5) is 51.2 Å². The third kappa shape index (κ3) is 11.3. The van der Waals surface area contributed by atoms with Gasteiger partial charge in [0.05, 0.1) is 33.8 Å². The van der Waals surface area contributed by atoms with Gasteiger partial charge < -0.3 is 19.3 Å². The fraction of sp³-hybridized carbons (Fsp3) is 0. The Labute approximate surface area is 549 Å². The van der Waals surface area contributed by atoms with Crippen LogP contribution in [0.15, 0.2) is 388 Å². The second kappa shape index (κ2) is 25.4. The zero-order valence-corrected chi connectivity index (χ0v) is 51.7. The van der Waals surface area contributed by atoms with Crippen molar-refractivity contribution in [2.75, 3.05) is 14.7 Å². The molecule has 4 nitrogen and oxygen atoms in total. The lowest BCUT2D eigenvalue weighted by Crippen LogP contribution is -2.14. The average molecular weight is 1200 g/mol. The Hall–Kier alpha value is -12.5. The van der Waals surface area contributed by atoms with Crippen molar-refractivity contribution in [3.05, 3.63) is 388 Å². The van der Waals surface area contributed by atoms with Gasteiger partial charge in [-0.25, -0.2) is 0 Å². The number of anilines is 9. The molecule has 0 unspecified atom stereocenters. The summed E-state index contributed by atoms with van der Waals surface area (Å²) in [7, 11) is 0. The van der Waals surface area contributed by atoms with E-state index in [0.29, 0.717) is 0 Å². The molecular formula is C90H64N4. The molecule has 94 heavy (non-hydrogen) atoms. The van der Waals surface area contributed by atoms with E-state index in [4.69, 9.17) is 0 Å². The summed E-state index contributed by atoms with van der Waals surface area (Å²) in [5.41, 5.74) is 26.4. The smallest absolute Gasteiger partial charge is 0.0562 e. The van der Waals surface area contributed by atoms with Gasteiger partial charge in [0.25, 0.3) is 0 Å². The van der Waals surface area contributed by atoms with E-state index in [-0.39, 0.29) is 0 Å². The summed E-state index contributed by atoms with van der Waals surface area (Å²) in [6.45, 7) is 0. The maximum Gasteiger partial charge on any atom is 0.0562 e. The molecule has 16 aromatic rings. The molecule has 0 fully saturated rings. The predicted molar refractivity (Wildman–Crippen MR) is 397 cm³/mol. The van der Waals surface area contributed by atoms with E-state index in [1.54, 1.807) is 0 Å². The summed E-state index contributed by atoms with van der Waals surface area (Å²) in [5, 5.41) is 2.28. The Morgan fingerprint density at radius 3 is 0.713 bits per heavy atom.